The molecule has 0 spiro atoms. The lowest BCUT2D eigenvalue weighted by atomic mass is 10.2. The summed E-state index contributed by atoms with van der Waals surface area (Å²) in [5, 5.41) is 7.97. The topological polar surface area (TPSA) is 128 Å². The van der Waals surface area contributed by atoms with E-state index in [9.17, 15) is 26.4 Å². The van der Waals surface area contributed by atoms with Crippen LogP contribution in [0.1, 0.15) is 5.01 Å². The van der Waals surface area contributed by atoms with E-state index in [4.69, 9.17) is 10.5 Å². The largest absolute Gasteiger partial charge is 0.463 e. The van der Waals surface area contributed by atoms with Crippen LogP contribution in [0.3, 0.4) is 0 Å². The standard InChI is InChI=1S/C19H21BrF3N5O4S2/c1-28(2)7-8-32-13(29)10-25-15(14(20)16(24)19(21,22)23)18-27-26-17(33-18)11-5-4-6-12(9-11)34(3,30)31/h4-6,9H,7-8,10,24H2,1-3H3. The molecule has 34 heavy (non-hydrogen) atoms. The van der Waals surface area contributed by atoms with Gasteiger partial charge in [-0.3, -0.25) is 9.79 Å². The lowest BCUT2D eigenvalue weighted by molar-refractivity contribution is -0.142. The number of likely N-dealkylation sites (N-methyl/N-ethyl adjacent to an activating group) is 1. The van der Waals surface area contributed by atoms with Crippen molar-refractivity contribution in [3.63, 3.8) is 0 Å². The van der Waals surface area contributed by atoms with Gasteiger partial charge in [-0.05, 0) is 42.2 Å². The molecule has 0 fully saturated rings. The Morgan fingerprint density at radius 1 is 1.29 bits per heavy atom. The molecule has 1 heterocycles. The zero-order chi connectivity index (χ0) is 25.7. The van der Waals surface area contributed by atoms with E-state index in [0.717, 1.165) is 17.6 Å². The molecule has 15 heteroatoms. The maximum Gasteiger partial charge on any atom is 0.431 e. The number of allylic oxidation sites excluding steroid dienone is 2. The normalized spacial score (nSPS) is 13.7. The fourth-order valence-electron chi connectivity index (χ4n) is 2.31. The highest BCUT2D eigenvalue weighted by molar-refractivity contribution is 9.12. The summed E-state index contributed by atoms with van der Waals surface area (Å²) in [6.07, 6.45) is -3.83. The van der Waals surface area contributed by atoms with Crippen LogP contribution >= 0.6 is 27.3 Å². The van der Waals surface area contributed by atoms with Crippen molar-refractivity contribution in [1.29, 1.82) is 0 Å². The Kier molecular flexibility index (Phi) is 9.33. The molecule has 1 aromatic heterocycles. The van der Waals surface area contributed by atoms with Crippen LogP contribution in [-0.2, 0) is 19.4 Å². The minimum absolute atomic E-state index is 0.0403. The lowest BCUT2D eigenvalue weighted by Gasteiger charge is -2.11. The minimum Gasteiger partial charge on any atom is -0.463 e. The van der Waals surface area contributed by atoms with Crippen LogP contribution in [0.5, 0.6) is 0 Å². The number of ether oxygens (including phenoxy) is 1. The first kappa shape index (κ1) is 27.9. The van der Waals surface area contributed by atoms with Crippen LogP contribution in [0, 0.1) is 0 Å². The van der Waals surface area contributed by atoms with E-state index < -0.39 is 38.7 Å². The Morgan fingerprint density at radius 3 is 2.56 bits per heavy atom. The average molecular weight is 584 g/mol. The third-order valence-electron chi connectivity index (χ3n) is 4.05. The van der Waals surface area contributed by atoms with Crippen molar-refractivity contribution in [2.24, 2.45) is 10.7 Å². The molecule has 0 bridgehead atoms. The van der Waals surface area contributed by atoms with E-state index in [1.165, 1.54) is 18.2 Å². The van der Waals surface area contributed by atoms with Crippen molar-refractivity contribution in [3.8, 4) is 10.6 Å². The SMILES string of the molecule is CN(C)CCOC(=O)CN=C(C(Br)=C(N)C(F)(F)F)c1nnc(-c2cccc(S(C)(=O)=O)c2)s1. The van der Waals surface area contributed by atoms with Crippen LogP contribution in [0.15, 0.2) is 44.3 Å². The molecule has 0 saturated heterocycles. The molecule has 2 N–H and O–H groups in total. The Hall–Kier alpha value is -2.36. The third kappa shape index (κ3) is 7.85. The second-order valence-electron chi connectivity index (χ2n) is 7.13. The maximum atomic E-state index is 13.2. The molecule has 2 rings (SSSR count). The van der Waals surface area contributed by atoms with Gasteiger partial charge in [0.1, 0.15) is 29.6 Å². The number of carbonyl (C=O) groups is 1. The summed E-state index contributed by atoms with van der Waals surface area (Å²) in [5.74, 6) is -0.754. The number of halogens is 4. The van der Waals surface area contributed by atoms with E-state index in [0.29, 0.717) is 12.1 Å². The first-order chi connectivity index (χ1) is 15.7. The van der Waals surface area contributed by atoms with Gasteiger partial charge in [-0.2, -0.15) is 13.2 Å². The van der Waals surface area contributed by atoms with Crippen LogP contribution in [0.2, 0.25) is 0 Å². The molecule has 2 aromatic rings. The molecule has 0 amide bonds. The number of rotatable bonds is 9. The lowest BCUT2D eigenvalue weighted by Crippen LogP contribution is -2.24. The summed E-state index contributed by atoms with van der Waals surface area (Å²) >= 11 is 3.66. The summed E-state index contributed by atoms with van der Waals surface area (Å²) in [7, 11) is 0.0712. The molecule has 0 saturated carbocycles. The smallest absolute Gasteiger partial charge is 0.431 e. The Labute approximate surface area is 206 Å². The van der Waals surface area contributed by atoms with E-state index in [2.05, 4.69) is 31.1 Å². The molecular weight excluding hydrogens is 563 g/mol. The van der Waals surface area contributed by atoms with Crippen LogP contribution < -0.4 is 5.73 Å². The number of aliphatic imine (C=N–C) groups is 1. The summed E-state index contributed by atoms with van der Waals surface area (Å²) < 4.78 is 67.6. The molecule has 1 aromatic carbocycles. The number of aromatic nitrogens is 2. The van der Waals surface area contributed by atoms with Crippen LogP contribution in [0.4, 0.5) is 13.2 Å². The van der Waals surface area contributed by atoms with Gasteiger partial charge >= 0.3 is 12.1 Å². The number of benzene rings is 1. The van der Waals surface area contributed by atoms with Gasteiger partial charge in [-0.1, -0.05) is 23.5 Å². The second-order valence-corrected chi connectivity index (χ2v) is 10.9. The van der Waals surface area contributed by atoms with Crippen LogP contribution in [0.25, 0.3) is 10.6 Å². The van der Waals surface area contributed by atoms with Gasteiger partial charge in [0.25, 0.3) is 0 Å². The molecule has 0 unspecified atom stereocenters. The molecule has 0 atom stereocenters. The molecular formula is C19H21BrF3N5O4S2. The molecule has 0 aliphatic heterocycles. The van der Waals surface area contributed by atoms with Crippen molar-refractivity contribution in [3.05, 3.63) is 39.5 Å². The van der Waals surface area contributed by atoms with Crippen molar-refractivity contribution < 1.29 is 31.1 Å². The average Bonchev–Trinajstić information content (AvgIpc) is 3.21. The molecule has 186 valence electrons. The Balaban J connectivity index is 2.43. The van der Waals surface area contributed by atoms with Gasteiger partial charge in [-0.25, -0.2) is 8.42 Å². The summed E-state index contributed by atoms with van der Waals surface area (Å²) in [6, 6.07) is 5.85. The van der Waals surface area contributed by atoms with E-state index in [1.54, 1.807) is 25.1 Å². The zero-order valence-electron chi connectivity index (χ0n) is 18.3. The van der Waals surface area contributed by atoms with Crippen molar-refractivity contribution in [1.82, 2.24) is 15.1 Å². The van der Waals surface area contributed by atoms with Crippen molar-refractivity contribution in [2.75, 3.05) is 40.0 Å². The highest BCUT2D eigenvalue weighted by Crippen LogP contribution is 2.32. The van der Waals surface area contributed by atoms with Gasteiger partial charge in [0.15, 0.2) is 14.8 Å². The molecule has 9 nitrogen and oxygen atoms in total. The van der Waals surface area contributed by atoms with Gasteiger partial charge in [-0.15, -0.1) is 10.2 Å². The monoisotopic (exact) mass is 583 g/mol. The number of hydrogen-bond acceptors (Lipinski definition) is 10. The van der Waals surface area contributed by atoms with Crippen LogP contribution in [-0.4, -0.2) is 81.4 Å². The maximum absolute atomic E-state index is 13.2. The minimum atomic E-state index is -4.87. The number of nitrogens with zero attached hydrogens (tertiary/aromatic N) is 4. The van der Waals surface area contributed by atoms with E-state index in [1.807, 2.05) is 0 Å². The Morgan fingerprint density at radius 2 is 1.97 bits per heavy atom. The highest BCUT2D eigenvalue weighted by Gasteiger charge is 2.35. The van der Waals surface area contributed by atoms with E-state index in [-0.39, 0.29) is 27.2 Å². The Bertz CT molecular complexity index is 1210. The van der Waals surface area contributed by atoms with Crippen molar-refractivity contribution >= 4 is 48.8 Å². The summed E-state index contributed by atoms with van der Waals surface area (Å²) in [4.78, 5) is 17.8. The number of carbonyl (C=O) groups excluding carboxylic acids is 1. The molecule has 0 aliphatic carbocycles. The molecule has 0 radical (unpaired) electrons. The zero-order valence-corrected chi connectivity index (χ0v) is 21.5. The fraction of sp³-hybridized carbons (Fsp3) is 0.368. The van der Waals surface area contributed by atoms with Gasteiger partial charge in [0.2, 0.25) is 0 Å². The fourth-order valence-corrected chi connectivity index (χ4v) is 4.50. The predicted octanol–water partition coefficient (Wildman–Crippen LogP) is 2.63. The summed E-state index contributed by atoms with van der Waals surface area (Å²) in [6.45, 7) is -0.0429. The first-order valence-corrected chi connectivity index (χ1v) is 12.9. The number of alkyl halides is 3. The van der Waals surface area contributed by atoms with Gasteiger partial charge in [0, 0.05) is 18.4 Å². The summed E-state index contributed by atoms with van der Waals surface area (Å²) in [5.41, 5.74) is 3.81. The first-order valence-electron chi connectivity index (χ1n) is 9.42. The number of nitrogens with two attached hydrogens (primary N) is 1. The van der Waals surface area contributed by atoms with Gasteiger partial charge < -0.3 is 15.4 Å². The predicted molar refractivity (Wildman–Crippen MR) is 126 cm³/mol. The van der Waals surface area contributed by atoms with Gasteiger partial charge in [0.05, 0.1) is 9.38 Å². The number of esters is 1. The second kappa shape index (κ2) is 11.4. The number of hydrogen-bond donors (Lipinski definition) is 1. The van der Waals surface area contributed by atoms with E-state index >= 15 is 0 Å². The third-order valence-corrected chi connectivity index (χ3v) is 6.95. The van der Waals surface area contributed by atoms with Crippen molar-refractivity contribution in [2.45, 2.75) is 11.1 Å². The highest BCUT2D eigenvalue weighted by atomic mass is 79.9. The number of sulfone groups is 1. The quantitative estimate of drug-likeness (QED) is 0.352. The molecule has 0 aliphatic rings.